The molecule has 1 N–H and O–H groups in total. The van der Waals surface area contributed by atoms with Crippen molar-refractivity contribution in [2.24, 2.45) is 0 Å². The van der Waals surface area contributed by atoms with Gasteiger partial charge in [0.15, 0.2) is 9.84 Å². The van der Waals surface area contributed by atoms with Gasteiger partial charge in [0.2, 0.25) is 0 Å². The number of carbonyl (C=O) groups excluding carboxylic acids is 1. The van der Waals surface area contributed by atoms with Gasteiger partial charge < -0.3 is 9.84 Å². The highest BCUT2D eigenvalue weighted by molar-refractivity contribution is 7.92. The molecule has 2 rings (SSSR count). The first-order chi connectivity index (χ1) is 11.8. The van der Waals surface area contributed by atoms with Gasteiger partial charge in [0.05, 0.1) is 20.2 Å². The van der Waals surface area contributed by atoms with Crippen molar-refractivity contribution < 1.29 is 27.9 Å². The van der Waals surface area contributed by atoms with E-state index in [1.807, 2.05) is 0 Å². The highest BCUT2D eigenvalue weighted by Gasteiger charge is 2.47. The third-order valence-corrected chi connectivity index (χ3v) is 6.94. The van der Waals surface area contributed by atoms with E-state index < -0.39 is 38.8 Å². The first-order valence-corrected chi connectivity index (χ1v) is 10.0. The van der Waals surface area contributed by atoms with Crippen molar-refractivity contribution in [3.8, 4) is 0 Å². The zero-order valence-electron chi connectivity index (χ0n) is 14.4. The van der Waals surface area contributed by atoms with Gasteiger partial charge >= 0.3 is 12.1 Å². The van der Waals surface area contributed by atoms with E-state index >= 15 is 0 Å². The molecular weight excluding hydrogens is 405 g/mol. The van der Waals surface area contributed by atoms with E-state index in [0.717, 1.165) is 4.90 Å². The van der Waals surface area contributed by atoms with Gasteiger partial charge in [-0.3, -0.25) is 4.90 Å². The quantitative estimate of drug-likeness (QED) is 0.800. The summed E-state index contributed by atoms with van der Waals surface area (Å²) in [5, 5.41) is 8.21. The van der Waals surface area contributed by atoms with E-state index in [9.17, 15) is 23.1 Å². The molecule has 2 atom stereocenters. The van der Waals surface area contributed by atoms with Crippen molar-refractivity contribution in [1.82, 2.24) is 4.90 Å². The van der Waals surface area contributed by atoms with Crippen LogP contribution >= 0.6 is 23.2 Å². The molecule has 0 bridgehead atoms. The van der Waals surface area contributed by atoms with Crippen LogP contribution in [0.25, 0.3) is 0 Å². The molecule has 144 valence electrons. The SMILES string of the molecule is CC(C)(C)OC(=O)N1C[C@H](S(=O)(=O)c2cccc(Cl)c2Cl)C[C@H]1C(=O)O. The largest absolute Gasteiger partial charge is 0.480 e. The van der Waals surface area contributed by atoms with Gasteiger partial charge in [0, 0.05) is 6.54 Å². The molecular formula is C16H19Cl2NO6S. The van der Waals surface area contributed by atoms with E-state index in [0.29, 0.717) is 0 Å². The van der Waals surface area contributed by atoms with Crippen LogP contribution in [0.4, 0.5) is 4.79 Å². The van der Waals surface area contributed by atoms with Crippen molar-refractivity contribution >= 4 is 45.1 Å². The average Bonchev–Trinajstić information content (AvgIpc) is 2.94. The monoisotopic (exact) mass is 423 g/mol. The molecule has 1 saturated heterocycles. The van der Waals surface area contributed by atoms with Gasteiger partial charge in [0.1, 0.15) is 11.6 Å². The van der Waals surface area contributed by atoms with Crippen LogP contribution in [0.1, 0.15) is 27.2 Å². The summed E-state index contributed by atoms with van der Waals surface area (Å²) in [5.74, 6) is -1.30. The summed E-state index contributed by atoms with van der Waals surface area (Å²) in [6, 6.07) is 2.89. The summed E-state index contributed by atoms with van der Waals surface area (Å²) in [4.78, 5) is 24.6. The molecule has 0 spiro atoms. The zero-order valence-corrected chi connectivity index (χ0v) is 16.7. The van der Waals surface area contributed by atoms with Gasteiger partial charge in [-0.1, -0.05) is 29.3 Å². The summed E-state index contributed by atoms with van der Waals surface area (Å²) in [5.41, 5.74) is -0.840. The Labute approximate surface area is 161 Å². The van der Waals surface area contributed by atoms with E-state index in [4.69, 9.17) is 27.9 Å². The fourth-order valence-electron chi connectivity index (χ4n) is 2.66. The topological polar surface area (TPSA) is 101 Å². The Morgan fingerprint density at radius 1 is 1.27 bits per heavy atom. The lowest BCUT2D eigenvalue weighted by atomic mass is 10.2. The van der Waals surface area contributed by atoms with E-state index in [2.05, 4.69) is 0 Å². The Morgan fingerprint density at radius 2 is 1.88 bits per heavy atom. The van der Waals surface area contributed by atoms with Crippen LogP contribution in [-0.4, -0.2) is 53.9 Å². The molecule has 7 nitrogen and oxygen atoms in total. The van der Waals surface area contributed by atoms with E-state index in [1.54, 1.807) is 20.8 Å². The molecule has 0 unspecified atom stereocenters. The standard InChI is InChI=1S/C16H19Cl2NO6S/c1-16(2,3)25-15(22)19-8-9(7-11(19)14(20)21)26(23,24)12-6-4-5-10(17)13(12)18/h4-6,9,11H,7-8H2,1-3H3,(H,20,21)/t9-,11+/m1/s1. The number of likely N-dealkylation sites (tertiary alicyclic amines) is 1. The maximum absolute atomic E-state index is 12.9. The Bertz CT molecular complexity index is 834. The molecule has 0 saturated carbocycles. The second-order valence-electron chi connectivity index (χ2n) is 6.94. The van der Waals surface area contributed by atoms with Crippen LogP contribution < -0.4 is 0 Å². The number of halogens is 2. The number of rotatable bonds is 3. The zero-order chi connectivity index (χ0) is 19.9. The highest BCUT2D eigenvalue weighted by atomic mass is 35.5. The molecule has 0 radical (unpaired) electrons. The minimum Gasteiger partial charge on any atom is -0.480 e. The number of carbonyl (C=O) groups is 2. The average molecular weight is 424 g/mol. The van der Waals surface area contributed by atoms with Crippen LogP contribution in [-0.2, 0) is 19.4 Å². The lowest BCUT2D eigenvalue weighted by Crippen LogP contribution is -2.43. The van der Waals surface area contributed by atoms with E-state index in [1.165, 1.54) is 18.2 Å². The molecule has 1 aliphatic heterocycles. The maximum Gasteiger partial charge on any atom is 0.411 e. The Balaban J connectivity index is 2.36. The van der Waals surface area contributed by atoms with Crippen molar-refractivity contribution in [2.45, 2.75) is 49.0 Å². The number of hydrogen-bond donors (Lipinski definition) is 1. The van der Waals surface area contributed by atoms with Gasteiger partial charge in [-0.25, -0.2) is 18.0 Å². The molecule has 0 aromatic heterocycles. The number of carboxylic acid groups (broad SMARTS) is 1. The Kier molecular flexibility index (Phi) is 5.80. The molecule has 10 heteroatoms. The van der Waals surface area contributed by atoms with Gasteiger partial charge in [-0.15, -0.1) is 0 Å². The third kappa shape index (κ3) is 4.24. The predicted molar refractivity (Wildman–Crippen MR) is 96.4 cm³/mol. The first kappa shape index (κ1) is 20.8. The number of aliphatic carboxylic acids is 1. The third-order valence-electron chi connectivity index (χ3n) is 3.84. The van der Waals surface area contributed by atoms with Crippen LogP contribution in [0.2, 0.25) is 10.0 Å². The molecule has 1 amide bonds. The van der Waals surface area contributed by atoms with Crippen molar-refractivity contribution in [2.75, 3.05) is 6.54 Å². The number of carboxylic acids is 1. The van der Waals surface area contributed by atoms with Crippen molar-refractivity contribution in [3.63, 3.8) is 0 Å². The van der Waals surface area contributed by atoms with Crippen molar-refractivity contribution in [1.29, 1.82) is 0 Å². The molecule has 26 heavy (non-hydrogen) atoms. The Hall–Kier alpha value is -1.51. The lowest BCUT2D eigenvalue weighted by molar-refractivity contribution is -0.142. The van der Waals surface area contributed by atoms with E-state index in [-0.39, 0.29) is 27.9 Å². The molecule has 1 aliphatic rings. The van der Waals surface area contributed by atoms with Crippen LogP contribution in [0.3, 0.4) is 0 Å². The molecule has 0 aliphatic carbocycles. The van der Waals surface area contributed by atoms with Gasteiger partial charge in [0.25, 0.3) is 0 Å². The number of ether oxygens (including phenoxy) is 1. The summed E-state index contributed by atoms with van der Waals surface area (Å²) in [7, 11) is -4.00. The van der Waals surface area contributed by atoms with Crippen LogP contribution in [0, 0.1) is 0 Å². The summed E-state index contributed by atoms with van der Waals surface area (Å²) < 4.78 is 31.0. The normalized spacial score (nSPS) is 20.9. The molecule has 1 aromatic carbocycles. The smallest absolute Gasteiger partial charge is 0.411 e. The maximum atomic E-state index is 12.9. The van der Waals surface area contributed by atoms with Crippen molar-refractivity contribution in [3.05, 3.63) is 28.2 Å². The number of hydrogen-bond acceptors (Lipinski definition) is 5. The summed E-state index contributed by atoms with van der Waals surface area (Å²) >= 11 is 11.9. The first-order valence-electron chi connectivity index (χ1n) is 7.75. The summed E-state index contributed by atoms with van der Waals surface area (Å²) in [6.07, 6.45) is -1.14. The van der Waals surface area contributed by atoms with Crippen LogP contribution in [0.5, 0.6) is 0 Å². The highest BCUT2D eigenvalue weighted by Crippen LogP contribution is 2.35. The second kappa shape index (κ2) is 7.25. The molecule has 1 heterocycles. The number of nitrogens with zero attached hydrogens (tertiary/aromatic N) is 1. The molecule has 1 fully saturated rings. The number of amides is 1. The minimum atomic E-state index is -4.00. The van der Waals surface area contributed by atoms with Crippen LogP contribution in [0.15, 0.2) is 23.1 Å². The van der Waals surface area contributed by atoms with Gasteiger partial charge in [-0.2, -0.15) is 0 Å². The lowest BCUT2D eigenvalue weighted by Gasteiger charge is -2.26. The molecule has 1 aromatic rings. The minimum absolute atomic E-state index is 0.0736. The Morgan fingerprint density at radius 3 is 2.42 bits per heavy atom. The number of sulfone groups is 1. The number of benzene rings is 1. The second-order valence-corrected chi connectivity index (χ2v) is 9.92. The fraction of sp³-hybridized carbons (Fsp3) is 0.500. The van der Waals surface area contributed by atoms with Gasteiger partial charge in [-0.05, 0) is 39.3 Å². The predicted octanol–water partition coefficient (Wildman–Crippen LogP) is 3.23. The fourth-order valence-corrected chi connectivity index (χ4v) is 5.12. The summed E-state index contributed by atoms with van der Waals surface area (Å²) in [6.45, 7) is 4.60.